The monoisotopic (exact) mass is 442 g/mol. The number of fused-ring (bicyclic) bond motifs is 1. The number of benzene rings is 2. The Hall–Kier alpha value is -3.40. The van der Waals surface area contributed by atoms with Crippen molar-refractivity contribution in [2.45, 2.75) is 11.6 Å². The summed E-state index contributed by atoms with van der Waals surface area (Å²) in [6.07, 6.45) is 0.467. The van der Waals surface area contributed by atoms with Gasteiger partial charge in [0, 0.05) is 17.7 Å². The predicted molar refractivity (Wildman–Crippen MR) is 116 cm³/mol. The number of aromatic hydroxyl groups is 1. The molecule has 0 aliphatic carbocycles. The molecule has 1 aliphatic rings. The van der Waals surface area contributed by atoms with Crippen LogP contribution in [-0.2, 0) is 6.42 Å². The Morgan fingerprint density at radius 2 is 1.65 bits per heavy atom. The van der Waals surface area contributed by atoms with Gasteiger partial charge in [0.25, 0.3) is 0 Å². The van der Waals surface area contributed by atoms with Gasteiger partial charge >= 0.3 is 0 Å². The molecule has 0 saturated carbocycles. The van der Waals surface area contributed by atoms with Crippen LogP contribution in [0.3, 0.4) is 0 Å². The first-order valence-electron chi connectivity index (χ1n) is 9.39. The minimum absolute atomic E-state index is 0.0694. The van der Waals surface area contributed by atoms with Gasteiger partial charge in [-0.3, -0.25) is 0 Å². The van der Waals surface area contributed by atoms with Gasteiger partial charge in [-0.25, -0.2) is 0 Å². The van der Waals surface area contributed by atoms with Crippen molar-refractivity contribution < 1.29 is 24.1 Å². The molecule has 0 spiro atoms. The molecule has 1 N–H and O–H groups in total. The number of phenolic OH excluding ortho intramolecular Hbond substituents is 1. The van der Waals surface area contributed by atoms with Crippen LogP contribution in [0.2, 0.25) is 0 Å². The molecule has 9 nitrogen and oxygen atoms in total. The van der Waals surface area contributed by atoms with Crippen molar-refractivity contribution in [2.24, 2.45) is 5.10 Å². The average Bonchev–Trinajstić information content (AvgIpc) is 3.20. The third-order valence-electron chi connectivity index (χ3n) is 4.83. The number of methoxy groups -OCH3 is 4. The predicted octanol–water partition coefficient (Wildman–Crippen LogP) is 2.97. The Bertz CT molecular complexity index is 1120. The minimum Gasteiger partial charge on any atom is -0.504 e. The summed E-state index contributed by atoms with van der Waals surface area (Å²) in [5.41, 5.74) is 2.53. The lowest BCUT2D eigenvalue weighted by molar-refractivity contribution is 0.324. The molecule has 0 amide bonds. The molecule has 4 rings (SSSR count). The molecular weight excluding hydrogens is 420 g/mol. The van der Waals surface area contributed by atoms with Crippen LogP contribution in [0.1, 0.15) is 17.0 Å². The molecule has 0 atom stereocenters. The van der Waals surface area contributed by atoms with Gasteiger partial charge in [-0.2, -0.15) is 9.78 Å². The average molecular weight is 442 g/mol. The largest absolute Gasteiger partial charge is 0.504 e. The van der Waals surface area contributed by atoms with Crippen molar-refractivity contribution in [3.05, 3.63) is 47.3 Å². The summed E-state index contributed by atoms with van der Waals surface area (Å²) in [5, 5.41) is 24.1. The summed E-state index contributed by atoms with van der Waals surface area (Å²) in [6, 6.07) is 8.99. The maximum Gasteiger partial charge on any atom is 0.212 e. The van der Waals surface area contributed by atoms with Crippen molar-refractivity contribution >= 4 is 17.5 Å². The van der Waals surface area contributed by atoms with Gasteiger partial charge in [0.2, 0.25) is 10.9 Å². The molecule has 1 aromatic heterocycles. The van der Waals surface area contributed by atoms with Crippen molar-refractivity contribution in [1.82, 2.24) is 14.9 Å². The van der Waals surface area contributed by atoms with Crippen LogP contribution < -0.4 is 18.9 Å². The quantitative estimate of drug-likeness (QED) is 0.596. The van der Waals surface area contributed by atoms with Crippen LogP contribution in [0.15, 0.2) is 40.6 Å². The standard InChI is InChI=1S/C21H22N4O5S/c1-27-16-6-5-13(10-15(16)26)14-11-31-21-23-22-19(25(21)24-14)9-12-7-17(28-2)20(30-4)18(8-12)29-3/h5-8,10,26H,9,11H2,1-4H3. The molecule has 0 unspecified atom stereocenters. The molecule has 162 valence electrons. The maximum absolute atomic E-state index is 10.1. The van der Waals surface area contributed by atoms with E-state index in [4.69, 9.17) is 24.0 Å². The summed E-state index contributed by atoms with van der Waals surface area (Å²) in [6.45, 7) is 0. The van der Waals surface area contributed by atoms with Gasteiger partial charge in [0.05, 0.1) is 34.2 Å². The van der Waals surface area contributed by atoms with E-state index in [-0.39, 0.29) is 5.75 Å². The highest BCUT2D eigenvalue weighted by Crippen LogP contribution is 2.39. The maximum atomic E-state index is 10.1. The minimum atomic E-state index is 0.0694. The van der Waals surface area contributed by atoms with E-state index in [9.17, 15) is 5.11 Å². The second-order valence-electron chi connectivity index (χ2n) is 6.64. The third-order valence-corrected chi connectivity index (χ3v) is 5.76. The number of hydrogen-bond donors (Lipinski definition) is 1. The van der Waals surface area contributed by atoms with Crippen molar-refractivity contribution in [2.75, 3.05) is 34.2 Å². The molecule has 0 saturated heterocycles. The second kappa shape index (κ2) is 8.76. The highest BCUT2D eigenvalue weighted by molar-refractivity contribution is 7.99. The summed E-state index contributed by atoms with van der Waals surface area (Å²) >= 11 is 1.54. The number of hydrogen-bond acceptors (Lipinski definition) is 9. The topological polar surface area (TPSA) is 100 Å². The van der Waals surface area contributed by atoms with Crippen LogP contribution >= 0.6 is 11.8 Å². The van der Waals surface area contributed by atoms with Gasteiger partial charge in [-0.1, -0.05) is 11.8 Å². The van der Waals surface area contributed by atoms with Crippen LogP contribution in [0.25, 0.3) is 0 Å². The molecule has 0 fully saturated rings. The lowest BCUT2D eigenvalue weighted by Crippen LogP contribution is -2.15. The highest BCUT2D eigenvalue weighted by atomic mass is 32.2. The van der Waals surface area contributed by atoms with E-state index in [2.05, 4.69) is 10.2 Å². The van der Waals surface area contributed by atoms with Gasteiger partial charge in [-0.15, -0.1) is 10.2 Å². The van der Waals surface area contributed by atoms with Gasteiger partial charge in [0.1, 0.15) is 0 Å². The molecule has 10 heteroatoms. The first-order valence-corrected chi connectivity index (χ1v) is 10.4. The van der Waals surface area contributed by atoms with E-state index in [1.54, 1.807) is 38.1 Å². The molecule has 3 aromatic rings. The fraction of sp³-hybridized carbons (Fsp3) is 0.286. The second-order valence-corrected chi connectivity index (χ2v) is 7.59. The molecule has 0 radical (unpaired) electrons. The summed E-state index contributed by atoms with van der Waals surface area (Å²) in [4.78, 5) is 0. The summed E-state index contributed by atoms with van der Waals surface area (Å²) in [7, 11) is 6.25. The molecule has 31 heavy (non-hydrogen) atoms. The summed E-state index contributed by atoms with van der Waals surface area (Å²) < 4.78 is 23.1. The summed E-state index contributed by atoms with van der Waals surface area (Å²) in [5.74, 6) is 3.46. The van der Waals surface area contributed by atoms with E-state index in [1.165, 1.54) is 18.9 Å². The van der Waals surface area contributed by atoms with E-state index < -0.39 is 0 Å². The lowest BCUT2D eigenvalue weighted by Gasteiger charge is -2.16. The Morgan fingerprint density at radius 1 is 0.935 bits per heavy atom. The molecular formula is C21H22N4O5S. The van der Waals surface area contributed by atoms with Crippen LogP contribution in [-0.4, -0.2) is 59.9 Å². The number of nitrogens with zero attached hydrogens (tertiary/aromatic N) is 4. The van der Waals surface area contributed by atoms with Crippen LogP contribution in [0.5, 0.6) is 28.7 Å². The first kappa shape index (κ1) is 20.9. The van der Waals surface area contributed by atoms with E-state index in [1.807, 2.05) is 18.2 Å². The zero-order chi connectivity index (χ0) is 22.0. The Balaban J connectivity index is 1.68. The SMILES string of the molecule is COc1ccc(C2=Nn3c(Cc4cc(OC)c(OC)c(OC)c4)nnc3SC2)cc1O. The van der Waals surface area contributed by atoms with Crippen molar-refractivity contribution in [3.8, 4) is 28.7 Å². The van der Waals surface area contributed by atoms with Crippen molar-refractivity contribution in [3.63, 3.8) is 0 Å². The zero-order valence-corrected chi connectivity index (χ0v) is 18.4. The fourth-order valence-corrected chi connectivity index (χ4v) is 4.17. The Kier molecular flexibility index (Phi) is 5.90. The number of phenols is 1. The van der Waals surface area contributed by atoms with E-state index in [0.717, 1.165) is 16.8 Å². The first-order chi connectivity index (χ1) is 15.1. The van der Waals surface area contributed by atoms with Gasteiger partial charge in [-0.05, 0) is 35.9 Å². The Labute approximate surface area is 183 Å². The van der Waals surface area contributed by atoms with Gasteiger partial charge in [0.15, 0.2) is 28.8 Å². The molecule has 2 aromatic carbocycles. The number of thioether (sulfide) groups is 1. The van der Waals surface area contributed by atoms with Gasteiger partial charge < -0.3 is 24.1 Å². The lowest BCUT2D eigenvalue weighted by atomic mass is 10.1. The molecule has 1 aliphatic heterocycles. The number of rotatable bonds is 7. The normalized spacial score (nSPS) is 12.7. The highest BCUT2D eigenvalue weighted by Gasteiger charge is 2.22. The number of aromatic nitrogens is 3. The third kappa shape index (κ3) is 3.98. The van der Waals surface area contributed by atoms with E-state index >= 15 is 0 Å². The Morgan fingerprint density at radius 3 is 2.26 bits per heavy atom. The van der Waals surface area contributed by atoms with E-state index in [0.29, 0.717) is 46.2 Å². The smallest absolute Gasteiger partial charge is 0.212 e. The van der Waals surface area contributed by atoms with Crippen LogP contribution in [0, 0.1) is 0 Å². The fourth-order valence-electron chi connectivity index (χ4n) is 3.31. The number of ether oxygens (including phenoxy) is 4. The van der Waals surface area contributed by atoms with Crippen molar-refractivity contribution in [1.29, 1.82) is 0 Å². The van der Waals surface area contributed by atoms with Crippen LogP contribution in [0.4, 0.5) is 0 Å². The molecule has 2 heterocycles. The zero-order valence-electron chi connectivity index (χ0n) is 17.6. The molecule has 0 bridgehead atoms.